The topological polar surface area (TPSA) is 22.1 Å². The molecule has 0 atom stereocenters. The monoisotopic (exact) mass is 196 g/mol. The Bertz CT molecular complexity index is 410. The van der Waals surface area contributed by atoms with Crippen molar-refractivity contribution in [3.63, 3.8) is 0 Å². The molecule has 2 nitrogen and oxygen atoms in total. The highest BCUT2D eigenvalue weighted by atomic mass is 32.2. The van der Waals surface area contributed by atoms with Crippen LogP contribution in [0.5, 0.6) is 5.75 Å². The number of ether oxygens (including phenoxy) is 1. The van der Waals surface area contributed by atoms with E-state index in [1.54, 1.807) is 7.11 Å². The van der Waals surface area contributed by atoms with Gasteiger partial charge in [0, 0.05) is 0 Å². The van der Waals surface area contributed by atoms with E-state index in [1.165, 1.54) is 11.3 Å². The first-order valence-corrected chi connectivity index (χ1v) is 4.63. The molecule has 1 heterocycles. The molecule has 2 aromatic rings. The van der Waals surface area contributed by atoms with Crippen LogP contribution in [0.3, 0.4) is 0 Å². The van der Waals surface area contributed by atoms with Crippen LogP contribution < -0.4 is 4.74 Å². The largest absolute Gasteiger partial charge is 0.497 e. The molecule has 0 saturated carbocycles. The van der Waals surface area contributed by atoms with E-state index in [1.807, 2.05) is 18.2 Å². The third-order valence-electron chi connectivity index (χ3n) is 1.58. The zero-order valence-electron chi connectivity index (χ0n) is 6.40. The lowest BCUT2D eigenvalue weighted by molar-refractivity contribution is 0.415. The van der Waals surface area contributed by atoms with Crippen LogP contribution in [0.15, 0.2) is 22.5 Å². The van der Waals surface area contributed by atoms with Crippen LogP contribution in [0, 0.1) is 0 Å². The number of rotatable bonds is 1. The van der Waals surface area contributed by atoms with Gasteiger partial charge < -0.3 is 4.74 Å². The number of hydrogen-bond donors (Lipinski definition) is 0. The maximum absolute atomic E-state index is 5.08. The standard InChI is InChI=1S/C8H6NOS2/c1-10-5-2-3-6-7(4-5)12-8(11)9-6/h2-4H,1H3. The molecule has 0 aliphatic heterocycles. The van der Waals surface area contributed by atoms with Gasteiger partial charge in [-0.15, -0.1) is 11.3 Å². The first-order valence-electron chi connectivity index (χ1n) is 3.41. The predicted molar refractivity (Wildman–Crippen MR) is 52.0 cm³/mol. The first kappa shape index (κ1) is 7.76. The lowest BCUT2D eigenvalue weighted by Gasteiger charge is -1.96. The second kappa shape index (κ2) is 2.88. The summed E-state index contributed by atoms with van der Waals surface area (Å²) in [4.78, 5) is 4.17. The van der Waals surface area contributed by atoms with Crippen molar-refractivity contribution >= 4 is 34.2 Å². The maximum Gasteiger partial charge on any atom is 0.181 e. The summed E-state index contributed by atoms with van der Waals surface area (Å²) in [6, 6.07) is 5.75. The first-order chi connectivity index (χ1) is 5.79. The Morgan fingerprint density at radius 3 is 3.08 bits per heavy atom. The quantitative estimate of drug-likeness (QED) is 0.699. The van der Waals surface area contributed by atoms with Crippen LogP contribution in [0.2, 0.25) is 0 Å². The van der Waals surface area contributed by atoms with Gasteiger partial charge in [0.25, 0.3) is 0 Å². The average molecular weight is 196 g/mol. The van der Waals surface area contributed by atoms with Crippen molar-refractivity contribution in [2.75, 3.05) is 7.11 Å². The lowest BCUT2D eigenvalue weighted by atomic mass is 10.3. The second-order valence-electron chi connectivity index (χ2n) is 2.31. The summed E-state index contributed by atoms with van der Waals surface area (Å²) in [5.74, 6) is 0.848. The van der Waals surface area contributed by atoms with Crippen LogP contribution in [0.1, 0.15) is 0 Å². The minimum Gasteiger partial charge on any atom is -0.497 e. The number of fused-ring (bicyclic) bond motifs is 1. The number of nitrogens with zero attached hydrogens (tertiary/aromatic N) is 1. The Morgan fingerprint density at radius 2 is 2.33 bits per heavy atom. The Morgan fingerprint density at radius 1 is 1.50 bits per heavy atom. The molecule has 1 aromatic heterocycles. The van der Waals surface area contributed by atoms with Crippen LogP contribution in [-0.2, 0) is 0 Å². The Kier molecular flexibility index (Phi) is 1.86. The molecule has 2 rings (SSSR count). The number of hydrogen-bond acceptors (Lipinski definition) is 3. The molecule has 0 bridgehead atoms. The molecule has 0 amide bonds. The zero-order chi connectivity index (χ0) is 8.55. The van der Waals surface area contributed by atoms with Crippen LogP contribution in [0.4, 0.5) is 0 Å². The highest BCUT2D eigenvalue weighted by Gasteiger charge is 2.01. The van der Waals surface area contributed by atoms with Crippen molar-refractivity contribution in [3.05, 3.63) is 18.2 Å². The van der Waals surface area contributed by atoms with E-state index in [0.717, 1.165) is 16.0 Å². The van der Waals surface area contributed by atoms with E-state index in [4.69, 9.17) is 17.4 Å². The smallest absolute Gasteiger partial charge is 0.181 e. The summed E-state index contributed by atoms with van der Waals surface area (Å²) >= 11 is 6.46. The SMILES string of the molecule is COc1ccc2nc([S])sc2c1. The molecule has 0 N–H and O–H groups in total. The van der Waals surface area contributed by atoms with E-state index >= 15 is 0 Å². The van der Waals surface area contributed by atoms with Crippen molar-refractivity contribution in [2.45, 2.75) is 4.34 Å². The molecule has 0 spiro atoms. The number of thiazole rings is 1. The Hall–Kier alpha value is -0.870. The van der Waals surface area contributed by atoms with E-state index < -0.39 is 0 Å². The Balaban J connectivity index is 2.66. The molecule has 1 radical (unpaired) electrons. The minimum absolute atomic E-state index is 0.679. The van der Waals surface area contributed by atoms with Gasteiger partial charge in [0.1, 0.15) is 5.75 Å². The highest BCUT2D eigenvalue weighted by Crippen LogP contribution is 2.27. The third kappa shape index (κ3) is 1.23. The van der Waals surface area contributed by atoms with Crippen molar-refractivity contribution < 1.29 is 4.74 Å². The fraction of sp³-hybridized carbons (Fsp3) is 0.125. The molecule has 0 saturated heterocycles. The summed E-state index contributed by atoms with van der Waals surface area (Å²) in [6.45, 7) is 0. The van der Waals surface area contributed by atoms with Crippen molar-refractivity contribution in [2.24, 2.45) is 0 Å². The van der Waals surface area contributed by atoms with Gasteiger partial charge in [-0.1, -0.05) is 0 Å². The molecule has 12 heavy (non-hydrogen) atoms. The van der Waals surface area contributed by atoms with Gasteiger partial charge in [0.2, 0.25) is 0 Å². The maximum atomic E-state index is 5.08. The van der Waals surface area contributed by atoms with Gasteiger partial charge in [0.05, 0.1) is 17.3 Å². The molecule has 0 aliphatic rings. The third-order valence-corrected chi connectivity index (χ3v) is 2.73. The summed E-state index contributed by atoms with van der Waals surface area (Å²) in [6.07, 6.45) is 0. The number of benzene rings is 1. The summed E-state index contributed by atoms with van der Waals surface area (Å²) < 4.78 is 6.84. The van der Waals surface area contributed by atoms with Crippen LogP contribution >= 0.6 is 24.0 Å². The molecular formula is C8H6NOS2. The normalized spacial score (nSPS) is 10.4. The van der Waals surface area contributed by atoms with Crippen molar-refractivity contribution in [1.29, 1.82) is 0 Å². The van der Waals surface area contributed by atoms with Gasteiger partial charge in [-0.25, -0.2) is 4.98 Å². The summed E-state index contributed by atoms with van der Waals surface area (Å²) in [5, 5.41) is 0. The van der Waals surface area contributed by atoms with Gasteiger partial charge in [0.15, 0.2) is 4.34 Å². The molecule has 4 heteroatoms. The fourth-order valence-electron chi connectivity index (χ4n) is 1.01. The average Bonchev–Trinajstić information content (AvgIpc) is 2.43. The van der Waals surface area contributed by atoms with Crippen molar-refractivity contribution in [1.82, 2.24) is 4.98 Å². The van der Waals surface area contributed by atoms with Gasteiger partial charge >= 0.3 is 0 Å². The second-order valence-corrected chi connectivity index (χ2v) is 3.99. The number of aromatic nitrogens is 1. The van der Waals surface area contributed by atoms with E-state index in [-0.39, 0.29) is 0 Å². The zero-order valence-corrected chi connectivity index (χ0v) is 8.04. The van der Waals surface area contributed by atoms with Gasteiger partial charge in [-0.05, 0) is 30.8 Å². The van der Waals surface area contributed by atoms with E-state index in [2.05, 4.69) is 4.98 Å². The molecule has 1 aromatic carbocycles. The lowest BCUT2D eigenvalue weighted by Crippen LogP contribution is -1.80. The molecule has 61 valence electrons. The molecular weight excluding hydrogens is 190 g/mol. The fourth-order valence-corrected chi connectivity index (χ4v) is 2.10. The summed E-state index contributed by atoms with van der Waals surface area (Å²) in [7, 11) is 1.65. The number of methoxy groups -OCH3 is 1. The Labute approximate surface area is 79.6 Å². The van der Waals surface area contributed by atoms with Crippen LogP contribution in [0.25, 0.3) is 10.2 Å². The van der Waals surface area contributed by atoms with Crippen LogP contribution in [-0.4, -0.2) is 12.1 Å². The minimum atomic E-state index is 0.679. The van der Waals surface area contributed by atoms with Crippen molar-refractivity contribution in [3.8, 4) is 5.75 Å². The van der Waals surface area contributed by atoms with E-state index in [0.29, 0.717) is 4.34 Å². The molecule has 0 unspecified atom stereocenters. The molecule has 0 aliphatic carbocycles. The molecule has 0 fully saturated rings. The highest BCUT2D eigenvalue weighted by molar-refractivity contribution is 7.82. The van der Waals surface area contributed by atoms with Gasteiger partial charge in [-0.3, -0.25) is 0 Å². The summed E-state index contributed by atoms with van der Waals surface area (Å²) in [5.41, 5.74) is 0.950. The predicted octanol–water partition coefficient (Wildman–Crippen LogP) is 2.86. The van der Waals surface area contributed by atoms with Gasteiger partial charge in [-0.2, -0.15) is 0 Å². The van der Waals surface area contributed by atoms with E-state index in [9.17, 15) is 0 Å².